The Balaban J connectivity index is 1.70. The molecule has 0 saturated heterocycles. The van der Waals surface area contributed by atoms with E-state index < -0.39 is 4.92 Å². The third-order valence-corrected chi connectivity index (χ3v) is 5.86. The molecule has 0 amide bonds. The third-order valence-electron chi connectivity index (χ3n) is 4.81. The molecular weight excluding hydrogens is 376 g/mol. The summed E-state index contributed by atoms with van der Waals surface area (Å²) in [7, 11) is 0. The van der Waals surface area contributed by atoms with E-state index in [4.69, 9.17) is 0 Å². The van der Waals surface area contributed by atoms with Crippen LogP contribution in [0.4, 0.5) is 11.4 Å². The molecule has 0 spiro atoms. The number of nitro groups is 1. The first-order chi connectivity index (χ1) is 13.4. The van der Waals surface area contributed by atoms with Crippen LogP contribution < -0.4 is 19.8 Å². The molecule has 0 unspecified atom stereocenters. The lowest BCUT2D eigenvalue weighted by Gasteiger charge is -2.26. The molecule has 0 fully saturated rings. The van der Waals surface area contributed by atoms with Crippen LogP contribution in [0.5, 0.6) is 0 Å². The average molecular weight is 394 g/mol. The lowest BCUT2D eigenvalue weighted by atomic mass is 10.1. The normalized spacial score (nSPS) is 13.9. The van der Waals surface area contributed by atoms with E-state index in [1.54, 1.807) is 22.8 Å². The summed E-state index contributed by atoms with van der Waals surface area (Å²) in [5, 5.41) is 11.0. The molecule has 0 atom stereocenters. The number of rotatable bonds is 3. The fraction of sp³-hybridized carbons (Fsp3) is 0.200. The van der Waals surface area contributed by atoms with Gasteiger partial charge in [0.25, 0.3) is 11.2 Å². The summed E-state index contributed by atoms with van der Waals surface area (Å²) in [6, 6.07) is 12.5. The maximum atomic E-state index is 12.9. The van der Waals surface area contributed by atoms with Gasteiger partial charge >= 0.3 is 0 Å². The second-order valence-corrected chi connectivity index (χ2v) is 7.74. The fourth-order valence-electron chi connectivity index (χ4n) is 3.08. The van der Waals surface area contributed by atoms with Gasteiger partial charge in [0.15, 0.2) is 4.80 Å². The molecule has 0 bridgehead atoms. The van der Waals surface area contributed by atoms with Gasteiger partial charge in [-0.25, -0.2) is 4.99 Å². The second kappa shape index (κ2) is 7.05. The van der Waals surface area contributed by atoms with Crippen LogP contribution in [0.1, 0.15) is 16.7 Å². The van der Waals surface area contributed by atoms with E-state index in [0.29, 0.717) is 28.2 Å². The molecule has 8 heteroatoms. The standard InChI is InChI=1S/C20H18N4O3S/c1-13-6-7-16(8-14(13)2)22-11-21-20-23(12-22)19(25)18(28-20)10-15-4-3-5-17(9-15)24(26)27/h3-10H,11-12H2,1-2H3/b18-10-. The molecule has 28 heavy (non-hydrogen) atoms. The number of anilines is 1. The molecule has 2 heterocycles. The van der Waals surface area contributed by atoms with Gasteiger partial charge in [-0.05, 0) is 48.7 Å². The van der Waals surface area contributed by atoms with E-state index in [0.717, 1.165) is 5.69 Å². The first-order valence-electron chi connectivity index (χ1n) is 8.75. The third kappa shape index (κ3) is 3.34. The zero-order chi connectivity index (χ0) is 19.8. The van der Waals surface area contributed by atoms with Crippen molar-refractivity contribution in [1.82, 2.24) is 4.57 Å². The summed E-state index contributed by atoms with van der Waals surface area (Å²) in [5.74, 6) is 0. The van der Waals surface area contributed by atoms with E-state index >= 15 is 0 Å². The van der Waals surface area contributed by atoms with Crippen molar-refractivity contribution in [2.24, 2.45) is 4.99 Å². The molecule has 4 rings (SSSR count). The van der Waals surface area contributed by atoms with E-state index in [1.165, 1.54) is 34.6 Å². The second-order valence-electron chi connectivity index (χ2n) is 6.73. The van der Waals surface area contributed by atoms with Gasteiger partial charge in [0.05, 0.1) is 9.46 Å². The van der Waals surface area contributed by atoms with Crippen molar-refractivity contribution < 1.29 is 4.92 Å². The minimum atomic E-state index is -0.444. The van der Waals surface area contributed by atoms with Crippen LogP contribution >= 0.6 is 11.3 Å². The Labute approximate surface area is 164 Å². The number of aromatic nitrogens is 1. The van der Waals surface area contributed by atoms with Gasteiger partial charge in [-0.3, -0.25) is 19.5 Å². The molecule has 0 N–H and O–H groups in total. The first-order valence-corrected chi connectivity index (χ1v) is 9.56. The van der Waals surface area contributed by atoms with E-state index in [2.05, 4.69) is 31.0 Å². The zero-order valence-electron chi connectivity index (χ0n) is 15.5. The summed E-state index contributed by atoms with van der Waals surface area (Å²) >= 11 is 1.31. The molecule has 1 aliphatic heterocycles. The number of fused-ring (bicyclic) bond motifs is 1. The summed E-state index contributed by atoms with van der Waals surface area (Å²) in [6.07, 6.45) is 1.68. The molecule has 0 aliphatic carbocycles. The molecule has 2 aromatic carbocycles. The molecule has 0 saturated carbocycles. The van der Waals surface area contributed by atoms with Crippen LogP contribution in [-0.4, -0.2) is 16.2 Å². The number of nitro benzene ring substituents is 1. The summed E-state index contributed by atoms with van der Waals surface area (Å²) in [5.41, 5.74) is 3.93. The minimum Gasteiger partial charge on any atom is -0.334 e. The van der Waals surface area contributed by atoms with E-state index in [-0.39, 0.29) is 11.2 Å². The highest BCUT2D eigenvalue weighted by molar-refractivity contribution is 7.07. The molecular formula is C20H18N4O3S. The van der Waals surface area contributed by atoms with Crippen molar-refractivity contribution >= 4 is 28.8 Å². The van der Waals surface area contributed by atoms with Gasteiger partial charge in [-0.15, -0.1) is 0 Å². The Morgan fingerprint density at radius 2 is 2.00 bits per heavy atom. The van der Waals surface area contributed by atoms with Crippen molar-refractivity contribution in [3.05, 3.63) is 89.0 Å². The Kier molecular flexibility index (Phi) is 4.56. The lowest BCUT2D eigenvalue weighted by Crippen LogP contribution is -2.42. The Bertz CT molecular complexity index is 1260. The molecule has 3 aromatic rings. The topological polar surface area (TPSA) is 80.7 Å². The van der Waals surface area contributed by atoms with Gasteiger partial charge in [0, 0.05) is 17.8 Å². The fourth-order valence-corrected chi connectivity index (χ4v) is 4.04. The van der Waals surface area contributed by atoms with Gasteiger partial charge in [0.1, 0.15) is 13.3 Å². The number of aryl methyl sites for hydroxylation is 2. The maximum Gasteiger partial charge on any atom is 0.271 e. The van der Waals surface area contributed by atoms with E-state index in [1.807, 2.05) is 11.0 Å². The van der Waals surface area contributed by atoms with Crippen LogP contribution in [-0.2, 0) is 6.67 Å². The van der Waals surface area contributed by atoms with Crippen molar-refractivity contribution in [3.63, 3.8) is 0 Å². The van der Waals surface area contributed by atoms with Crippen LogP contribution in [0.2, 0.25) is 0 Å². The van der Waals surface area contributed by atoms with E-state index in [9.17, 15) is 14.9 Å². The van der Waals surface area contributed by atoms with Gasteiger partial charge in [0.2, 0.25) is 0 Å². The number of nitrogens with zero attached hydrogens (tertiary/aromatic N) is 4. The smallest absolute Gasteiger partial charge is 0.271 e. The molecule has 142 valence electrons. The van der Waals surface area contributed by atoms with Gasteiger partial charge in [-0.2, -0.15) is 0 Å². The van der Waals surface area contributed by atoms with Crippen LogP contribution in [0, 0.1) is 24.0 Å². The lowest BCUT2D eigenvalue weighted by molar-refractivity contribution is -0.384. The number of benzene rings is 2. The number of hydrogen-bond donors (Lipinski definition) is 0. The number of hydrogen-bond acceptors (Lipinski definition) is 6. The first kappa shape index (κ1) is 18.1. The minimum absolute atomic E-state index is 0.000718. The highest BCUT2D eigenvalue weighted by Crippen LogP contribution is 2.20. The van der Waals surface area contributed by atoms with Crippen LogP contribution in [0.25, 0.3) is 6.08 Å². The molecule has 7 nitrogen and oxygen atoms in total. The largest absolute Gasteiger partial charge is 0.334 e. The monoisotopic (exact) mass is 394 g/mol. The van der Waals surface area contributed by atoms with Gasteiger partial charge in [-0.1, -0.05) is 29.5 Å². The van der Waals surface area contributed by atoms with Crippen molar-refractivity contribution in [2.75, 3.05) is 11.6 Å². The highest BCUT2D eigenvalue weighted by Gasteiger charge is 2.16. The SMILES string of the molecule is Cc1ccc(N2CN=c3s/c(=C\c4cccc([N+](=O)[O-])c4)c(=O)n3C2)cc1C. The molecule has 1 aliphatic rings. The average Bonchev–Trinajstić information content (AvgIpc) is 2.99. The number of thiazole rings is 1. The zero-order valence-corrected chi connectivity index (χ0v) is 16.3. The Morgan fingerprint density at radius 1 is 1.18 bits per heavy atom. The summed E-state index contributed by atoms with van der Waals surface area (Å²) < 4.78 is 2.16. The predicted molar refractivity (Wildman–Crippen MR) is 109 cm³/mol. The van der Waals surface area contributed by atoms with Crippen LogP contribution in [0.15, 0.2) is 52.3 Å². The quantitative estimate of drug-likeness (QED) is 0.504. The highest BCUT2D eigenvalue weighted by atomic mass is 32.1. The summed E-state index contributed by atoms with van der Waals surface area (Å²) in [6.45, 7) is 5.05. The molecule has 1 aromatic heterocycles. The van der Waals surface area contributed by atoms with Crippen molar-refractivity contribution in [2.45, 2.75) is 20.5 Å². The van der Waals surface area contributed by atoms with Crippen molar-refractivity contribution in [1.29, 1.82) is 0 Å². The van der Waals surface area contributed by atoms with Gasteiger partial charge < -0.3 is 4.90 Å². The summed E-state index contributed by atoms with van der Waals surface area (Å²) in [4.78, 5) is 30.6. The maximum absolute atomic E-state index is 12.9. The van der Waals surface area contributed by atoms with Crippen molar-refractivity contribution in [3.8, 4) is 0 Å². The molecule has 0 radical (unpaired) electrons. The van der Waals surface area contributed by atoms with Crippen LogP contribution in [0.3, 0.4) is 0 Å². The Morgan fingerprint density at radius 3 is 2.75 bits per heavy atom. The Hall–Kier alpha value is -3.26. The predicted octanol–water partition coefficient (Wildman–Crippen LogP) is 2.32. The number of non-ortho nitro benzene ring substituents is 1.